The van der Waals surface area contributed by atoms with Crippen molar-refractivity contribution in [2.75, 3.05) is 4.90 Å². The van der Waals surface area contributed by atoms with E-state index >= 15 is 13.2 Å². The van der Waals surface area contributed by atoms with E-state index in [-0.39, 0.29) is 35.6 Å². The van der Waals surface area contributed by atoms with Crippen LogP contribution in [-0.2, 0) is 21.2 Å². The van der Waals surface area contributed by atoms with Gasteiger partial charge in [-0.1, -0.05) is 32.0 Å². The summed E-state index contributed by atoms with van der Waals surface area (Å²) < 4.78 is 86.0. The number of carbonyl (C=O) groups excluding carboxylic acids is 2. The highest BCUT2D eigenvalue weighted by Crippen LogP contribution is 2.58. The molecule has 0 radical (unpaired) electrons. The van der Waals surface area contributed by atoms with Crippen LogP contribution in [0.4, 0.5) is 32.0 Å². The fraction of sp³-hybridized carbons (Fsp3) is 0.321. The highest BCUT2D eigenvalue weighted by atomic mass is 19.4. The molecule has 1 unspecified atom stereocenters. The van der Waals surface area contributed by atoms with E-state index in [1.54, 1.807) is 19.9 Å². The first kappa shape index (κ1) is 27.5. The zero-order chi connectivity index (χ0) is 29.4. The zero-order valence-electron chi connectivity index (χ0n) is 21.5. The Kier molecular flexibility index (Phi) is 5.98. The number of allylic oxidation sites excluding steroid dienone is 1. The lowest BCUT2D eigenvalue weighted by molar-refractivity contribution is -0.184. The van der Waals surface area contributed by atoms with Crippen LogP contribution in [0.15, 0.2) is 70.7 Å². The van der Waals surface area contributed by atoms with Gasteiger partial charge >= 0.3 is 12.4 Å². The molecule has 2 aliphatic rings. The van der Waals surface area contributed by atoms with E-state index in [4.69, 9.17) is 0 Å². The number of rotatable bonds is 3. The van der Waals surface area contributed by atoms with E-state index in [2.05, 4.69) is 5.10 Å². The van der Waals surface area contributed by atoms with Gasteiger partial charge in [-0.25, -0.2) is 4.68 Å². The third-order valence-corrected chi connectivity index (χ3v) is 7.36. The number of hydrogen-bond acceptors (Lipinski definition) is 3. The Morgan fingerprint density at radius 2 is 1.43 bits per heavy atom. The van der Waals surface area contributed by atoms with Crippen LogP contribution < -0.4 is 10.5 Å². The van der Waals surface area contributed by atoms with Crippen LogP contribution in [0.1, 0.15) is 43.5 Å². The topological polar surface area (TPSA) is 75.2 Å². The van der Waals surface area contributed by atoms with E-state index in [0.717, 1.165) is 24.0 Å². The molecule has 1 aliphatic heterocycles. The number of H-pyrrole nitrogens is 1. The van der Waals surface area contributed by atoms with Crippen molar-refractivity contribution in [3.63, 3.8) is 0 Å². The highest BCUT2D eigenvalue weighted by molar-refractivity contribution is 6.20. The lowest BCUT2D eigenvalue weighted by atomic mass is 9.66. The summed E-state index contributed by atoms with van der Waals surface area (Å²) in [4.78, 5) is 42.2. The fourth-order valence-electron chi connectivity index (χ4n) is 5.76. The molecule has 2 heterocycles. The number of ketones is 1. The minimum absolute atomic E-state index is 0.0386. The Morgan fingerprint density at radius 3 is 1.98 bits per heavy atom. The van der Waals surface area contributed by atoms with Crippen molar-refractivity contribution in [3.8, 4) is 5.69 Å². The summed E-state index contributed by atoms with van der Waals surface area (Å²) in [5.74, 6) is -2.42. The second-order valence-electron chi connectivity index (χ2n) is 10.8. The van der Waals surface area contributed by atoms with Gasteiger partial charge < -0.3 is 0 Å². The lowest BCUT2D eigenvalue weighted by Gasteiger charge is -2.35. The molecular formula is C28H23F6N3O3. The van der Waals surface area contributed by atoms with E-state index in [0.29, 0.717) is 16.8 Å². The maximum Gasteiger partial charge on any atom is 0.416 e. The summed E-state index contributed by atoms with van der Waals surface area (Å²) in [6.45, 7) is 4.56. The average molecular weight is 563 g/mol. The van der Waals surface area contributed by atoms with Gasteiger partial charge in [-0.2, -0.15) is 26.3 Å². The minimum atomic E-state index is -5.42. The fourth-order valence-corrected chi connectivity index (χ4v) is 5.76. The van der Waals surface area contributed by atoms with Gasteiger partial charge in [-0.05, 0) is 55.2 Å². The molecule has 6 nitrogen and oxygen atoms in total. The third kappa shape index (κ3) is 3.91. The van der Waals surface area contributed by atoms with Crippen LogP contribution in [0.25, 0.3) is 5.69 Å². The lowest BCUT2D eigenvalue weighted by Crippen LogP contribution is -2.55. The molecule has 1 aromatic heterocycles. The van der Waals surface area contributed by atoms with Crippen LogP contribution in [0.3, 0.4) is 0 Å². The number of nitrogens with one attached hydrogen (secondary N) is 1. The molecule has 0 bridgehead atoms. The van der Waals surface area contributed by atoms with E-state index in [1.165, 1.54) is 24.3 Å². The van der Waals surface area contributed by atoms with Crippen molar-refractivity contribution in [2.24, 2.45) is 5.41 Å². The van der Waals surface area contributed by atoms with Crippen LogP contribution >= 0.6 is 0 Å². The maximum atomic E-state index is 15.4. The smallest absolute Gasteiger partial charge is 0.295 e. The Balaban J connectivity index is 1.81. The molecule has 0 spiro atoms. The van der Waals surface area contributed by atoms with Gasteiger partial charge in [0.2, 0.25) is 5.41 Å². The largest absolute Gasteiger partial charge is 0.416 e. The van der Waals surface area contributed by atoms with Crippen molar-refractivity contribution in [3.05, 3.63) is 93.0 Å². The number of carbonyl (C=O) groups is 2. The summed E-state index contributed by atoms with van der Waals surface area (Å²) in [5.41, 5.74) is -9.06. The normalized spacial score (nSPS) is 21.3. The molecule has 0 saturated carbocycles. The molecule has 1 aliphatic carbocycles. The monoisotopic (exact) mass is 563 g/mol. The molecule has 0 saturated heterocycles. The van der Waals surface area contributed by atoms with Gasteiger partial charge in [0.25, 0.3) is 11.5 Å². The van der Waals surface area contributed by atoms with E-state index in [1.807, 2.05) is 0 Å². The molecule has 12 heteroatoms. The summed E-state index contributed by atoms with van der Waals surface area (Å²) in [7, 11) is 0. The van der Waals surface area contributed by atoms with E-state index < -0.39 is 57.1 Å². The van der Waals surface area contributed by atoms with Crippen LogP contribution in [0.2, 0.25) is 0 Å². The average Bonchev–Trinajstić information content (AvgIpc) is 3.28. The summed E-state index contributed by atoms with van der Waals surface area (Å²) in [6.07, 6.45) is -10.4. The van der Waals surface area contributed by atoms with Crippen LogP contribution in [-0.4, -0.2) is 27.6 Å². The number of amides is 1. The summed E-state index contributed by atoms with van der Waals surface area (Å²) in [5, 5.41) is 2.48. The first-order chi connectivity index (χ1) is 18.5. The SMILES string of the molecule is Cc1[nH]n(-c2ccc(C(F)(F)F)cc2)c(=O)c1C1(C(F)(F)F)C(=O)N(c2ccccc2)C2=C1C(=O)CC(C)(C)C2. The van der Waals surface area contributed by atoms with Crippen LogP contribution in [0.5, 0.6) is 0 Å². The molecule has 3 aromatic rings. The number of alkyl halides is 6. The second-order valence-corrected chi connectivity index (χ2v) is 10.8. The number of benzene rings is 2. The number of halogens is 6. The molecular weight excluding hydrogens is 540 g/mol. The number of aromatic amines is 1. The van der Waals surface area contributed by atoms with Crippen molar-refractivity contribution in [2.45, 2.75) is 51.4 Å². The number of Topliss-reactive ketones (excluding diaryl/α,β-unsaturated/α-hetero) is 1. The molecule has 40 heavy (non-hydrogen) atoms. The Morgan fingerprint density at radius 1 is 0.825 bits per heavy atom. The number of para-hydroxylation sites is 1. The van der Waals surface area contributed by atoms with Crippen molar-refractivity contribution >= 4 is 17.4 Å². The third-order valence-electron chi connectivity index (χ3n) is 7.36. The Hall–Kier alpha value is -4.09. The first-order valence-corrected chi connectivity index (χ1v) is 12.2. The standard InChI is InChI=1S/C28H23F6N3O3/c1-15-21(23(39)37(35-15)18-11-9-16(10-12-18)27(29,30)31)26(28(32,33)34)22-19(13-25(2,3)14-20(22)38)36(24(26)40)17-7-5-4-6-8-17/h4-12,35H,13-14H2,1-3H3. The van der Waals surface area contributed by atoms with Gasteiger partial charge in [0.15, 0.2) is 5.78 Å². The Bertz CT molecular complexity index is 1610. The Labute approximate surface area is 223 Å². The molecule has 210 valence electrons. The van der Waals surface area contributed by atoms with E-state index in [9.17, 15) is 27.6 Å². The number of aromatic nitrogens is 2. The molecule has 5 rings (SSSR count). The second kappa shape index (κ2) is 8.70. The van der Waals surface area contributed by atoms with Crippen molar-refractivity contribution in [1.29, 1.82) is 0 Å². The molecule has 0 fully saturated rings. The number of aryl methyl sites for hydroxylation is 1. The van der Waals surface area contributed by atoms with Crippen molar-refractivity contribution in [1.82, 2.24) is 9.78 Å². The summed E-state index contributed by atoms with van der Waals surface area (Å²) >= 11 is 0. The molecule has 1 atom stereocenters. The van der Waals surface area contributed by atoms with Crippen LogP contribution in [0, 0.1) is 12.3 Å². The van der Waals surface area contributed by atoms with Gasteiger partial charge in [-0.3, -0.25) is 24.4 Å². The van der Waals surface area contributed by atoms with Gasteiger partial charge in [0.1, 0.15) is 0 Å². The predicted molar refractivity (Wildman–Crippen MR) is 133 cm³/mol. The van der Waals surface area contributed by atoms with Gasteiger partial charge in [-0.15, -0.1) is 0 Å². The molecule has 2 aromatic carbocycles. The van der Waals surface area contributed by atoms with Gasteiger partial charge in [0, 0.05) is 29.1 Å². The quantitative estimate of drug-likeness (QED) is 0.399. The first-order valence-electron chi connectivity index (χ1n) is 12.2. The molecule has 1 N–H and O–H groups in total. The van der Waals surface area contributed by atoms with Gasteiger partial charge in [0.05, 0.1) is 16.8 Å². The maximum absolute atomic E-state index is 15.4. The number of nitrogens with zero attached hydrogens (tertiary/aromatic N) is 2. The predicted octanol–water partition coefficient (Wildman–Crippen LogP) is 5.98. The highest BCUT2D eigenvalue weighted by Gasteiger charge is 2.73. The van der Waals surface area contributed by atoms with Crippen molar-refractivity contribution < 1.29 is 35.9 Å². The number of hydrogen-bond donors (Lipinski definition) is 1. The summed E-state index contributed by atoms with van der Waals surface area (Å²) in [6, 6.07) is 10.8. The number of anilines is 1. The zero-order valence-corrected chi connectivity index (χ0v) is 21.5. The molecule has 1 amide bonds. The minimum Gasteiger partial charge on any atom is -0.295 e.